The highest BCUT2D eigenvalue weighted by Crippen LogP contribution is 2.14. The van der Waals surface area contributed by atoms with Crippen molar-refractivity contribution in [1.82, 2.24) is 0 Å². The number of unbranched alkanes of at least 4 members (excludes halogenated alkanes) is 5. The van der Waals surface area contributed by atoms with Crippen LogP contribution in [0.5, 0.6) is 0 Å². The third-order valence-corrected chi connectivity index (χ3v) is 5.86. The molecule has 228 valence electrons. The van der Waals surface area contributed by atoms with Crippen molar-refractivity contribution >= 4 is 11.6 Å². The zero-order valence-electron chi connectivity index (χ0n) is 26.9. The van der Waals surface area contributed by atoms with Crippen LogP contribution in [0.3, 0.4) is 0 Å². The van der Waals surface area contributed by atoms with Crippen LogP contribution in [0.4, 0.5) is 0 Å². The lowest BCUT2D eigenvalue weighted by atomic mass is 9.98. The number of aryl methyl sites for hydroxylation is 2. The quantitative estimate of drug-likeness (QED) is 0.205. The molecule has 2 rings (SSSR count). The Balaban J connectivity index is -0.000000207. The van der Waals surface area contributed by atoms with Crippen molar-refractivity contribution < 1.29 is 9.59 Å². The lowest BCUT2D eigenvalue weighted by molar-refractivity contribution is -0.118. The van der Waals surface area contributed by atoms with Crippen molar-refractivity contribution in [2.75, 3.05) is 0 Å². The van der Waals surface area contributed by atoms with E-state index in [-0.39, 0.29) is 19.1 Å². The normalized spacial score (nSPS) is 9.93. The number of carbonyl (C=O) groups is 2. The van der Waals surface area contributed by atoms with Crippen molar-refractivity contribution in [3.05, 3.63) is 96.1 Å². The van der Waals surface area contributed by atoms with Gasteiger partial charge in [0.25, 0.3) is 0 Å². The maximum absolute atomic E-state index is 10.9. The molecule has 2 nitrogen and oxygen atoms in total. The molecule has 0 aromatic heterocycles. The number of allylic oxidation sites excluding steroid dienone is 3. The van der Waals surface area contributed by atoms with Gasteiger partial charge in [-0.05, 0) is 51.7 Å². The predicted molar refractivity (Wildman–Crippen MR) is 182 cm³/mol. The second-order valence-corrected chi connectivity index (χ2v) is 9.71. The topological polar surface area (TPSA) is 34.1 Å². The minimum Gasteiger partial charge on any atom is -0.300 e. The molecule has 0 saturated heterocycles. The maximum atomic E-state index is 10.9. The van der Waals surface area contributed by atoms with Gasteiger partial charge in [-0.25, -0.2) is 0 Å². The summed E-state index contributed by atoms with van der Waals surface area (Å²) in [6.07, 6.45) is 16.5. The molecule has 2 aromatic carbocycles. The molecule has 0 spiro atoms. The number of rotatable bonds is 11. The molecule has 0 heterocycles. The molecule has 0 unspecified atom stereocenters. The van der Waals surface area contributed by atoms with Gasteiger partial charge in [-0.15, -0.1) is 0 Å². The molecule has 0 aliphatic heterocycles. The van der Waals surface area contributed by atoms with Crippen LogP contribution < -0.4 is 0 Å². The van der Waals surface area contributed by atoms with Crippen molar-refractivity contribution in [3.63, 3.8) is 0 Å². The maximum Gasteiger partial charge on any atom is 0.136 e. The van der Waals surface area contributed by atoms with Crippen LogP contribution in [-0.2, 0) is 16.0 Å². The number of hydrogen-bond donors (Lipinski definition) is 0. The average Bonchev–Trinajstić information content (AvgIpc) is 2.94. The van der Waals surface area contributed by atoms with Crippen LogP contribution in [0, 0.1) is 6.92 Å². The number of hydrogen-bond acceptors (Lipinski definition) is 2. The summed E-state index contributed by atoms with van der Waals surface area (Å²) in [7, 11) is 0. The minimum atomic E-state index is 0. The molecule has 0 bridgehead atoms. The molecule has 0 N–H and O–H groups in total. The standard InChI is InChI=1S/C10H12O.C9H12.C7H14O.C6H14.C5H8.CH4/c1-8(9(2)11)10-6-4-3-5-7-10;1-3-9-6-4-8(2)5-7-9;1-3-4-5-6-7(2)8;1-3-5-6-4-2;1-3-5-4-2;/h3-8H,1-2H3;4-7H,3H2,1-2H3;3-6H2,1-2H3;3-6H2,1-2H3;3-5H,1H2,2H3;1H4/b;;;;5-4+;/t8-;;;;;/m0...../s1. The van der Waals surface area contributed by atoms with Crippen molar-refractivity contribution in [2.24, 2.45) is 0 Å². The van der Waals surface area contributed by atoms with E-state index in [9.17, 15) is 9.59 Å². The Hall–Kier alpha value is -2.74. The highest BCUT2D eigenvalue weighted by Gasteiger charge is 2.08. The van der Waals surface area contributed by atoms with Crippen LogP contribution in [0.25, 0.3) is 0 Å². The largest absolute Gasteiger partial charge is 0.300 e. The van der Waals surface area contributed by atoms with E-state index in [0.29, 0.717) is 5.78 Å². The lowest BCUT2D eigenvalue weighted by Crippen LogP contribution is -2.03. The summed E-state index contributed by atoms with van der Waals surface area (Å²) < 4.78 is 0. The van der Waals surface area contributed by atoms with Crippen molar-refractivity contribution in [1.29, 1.82) is 0 Å². The summed E-state index contributed by atoms with van der Waals surface area (Å²) >= 11 is 0. The first-order valence-electron chi connectivity index (χ1n) is 15.0. The highest BCUT2D eigenvalue weighted by atomic mass is 16.1. The predicted octanol–water partition coefficient (Wildman–Crippen LogP) is 12.1. The van der Waals surface area contributed by atoms with E-state index in [4.69, 9.17) is 0 Å². The van der Waals surface area contributed by atoms with Gasteiger partial charge in [0.15, 0.2) is 0 Å². The Morgan fingerprint density at radius 2 is 1.27 bits per heavy atom. The van der Waals surface area contributed by atoms with E-state index in [1.807, 2.05) is 56.3 Å². The molecule has 0 aliphatic carbocycles. The minimum absolute atomic E-state index is 0. The third kappa shape index (κ3) is 33.3. The van der Waals surface area contributed by atoms with Crippen LogP contribution in [0.1, 0.15) is 137 Å². The molecule has 0 aliphatic rings. The van der Waals surface area contributed by atoms with Gasteiger partial charge < -0.3 is 4.79 Å². The number of carbonyl (C=O) groups excluding carboxylic acids is 2. The van der Waals surface area contributed by atoms with Gasteiger partial charge in [-0.3, -0.25) is 4.79 Å². The number of ketones is 2. The average molecular weight is 553 g/mol. The van der Waals surface area contributed by atoms with E-state index in [1.165, 1.54) is 49.7 Å². The molecule has 2 aromatic rings. The first-order chi connectivity index (χ1) is 18.6. The Kier molecular flexibility index (Phi) is 38.0. The van der Waals surface area contributed by atoms with E-state index in [2.05, 4.69) is 65.5 Å². The molecule has 0 radical (unpaired) electrons. The van der Waals surface area contributed by atoms with Gasteiger partial charge in [0.2, 0.25) is 0 Å². The summed E-state index contributed by atoms with van der Waals surface area (Å²) in [5.41, 5.74) is 3.85. The van der Waals surface area contributed by atoms with Crippen LogP contribution in [-0.4, -0.2) is 11.6 Å². The van der Waals surface area contributed by atoms with E-state index in [0.717, 1.165) is 24.8 Å². The van der Waals surface area contributed by atoms with Crippen LogP contribution >= 0.6 is 0 Å². The number of benzene rings is 2. The molecule has 0 saturated carbocycles. The fraction of sp³-hybridized carbons (Fsp3) is 0.526. The summed E-state index contributed by atoms with van der Waals surface area (Å²) in [6.45, 7) is 21.5. The second-order valence-electron chi connectivity index (χ2n) is 9.71. The molecular formula is C38H64O2. The van der Waals surface area contributed by atoms with Crippen molar-refractivity contribution in [3.8, 4) is 0 Å². The molecule has 2 heteroatoms. The van der Waals surface area contributed by atoms with Gasteiger partial charge in [-0.2, -0.15) is 0 Å². The SMILES string of the molecule is C.C=C/C=C/C.CC(=O)[C@H](C)c1ccccc1.CCCCCC.CCCCCC(C)=O.CCc1ccc(C)cc1. The van der Waals surface area contributed by atoms with E-state index >= 15 is 0 Å². The second kappa shape index (κ2) is 34.3. The number of Topliss-reactive ketones (excluding diaryl/α,β-unsaturated/α-hetero) is 2. The lowest BCUT2D eigenvalue weighted by Gasteiger charge is -2.05. The smallest absolute Gasteiger partial charge is 0.136 e. The molecule has 1 atom stereocenters. The summed E-state index contributed by atoms with van der Waals surface area (Å²) in [6, 6.07) is 18.5. The van der Waals surface area contributed by atoms with Gasteiger partial charge in [0.05, 0.1) is 0 Å². The van der Waals surface area contributed by atoms with Gasteiger partial charge in [0, 0.05) is 12.3 Å². The summed E-state index contributed by atoms with van der Waals surface area (Å²) in [5.74, 6) is 0.575. The molecule has 0 fully saturated rings. The fourth-order valence-electron chi connectivity index (χ4n) is 3.06. The van der Waals surface area contributed by atoms with Gasteiger partial charge in [-0.1, -0.05) is 166 Å². The van der Waals surface area contributed by atoms with Crippen molar-refractivity contribution in [2.45, 2.75) is 133 Å². The van der Waals surface area contributed by atoms with E-state index < -0.39 is 0 Å². The van der Waals surface area contributed by atoms with Crippen LogP contribution in [0.2, 0.25) is 0 Å². The molecule has 0 amide bonds. The molecule has 40 heavy (non-hydrogen) atoms. The first kappa shape index (κ1) is 44.3. The third-order valence-electron chi connectivity index (χ3n) is 5.86. The Morgan fingerprint density at radius 3 is 1.60 bits per heavy atom. The van der Waals surface area contributed by atoms with Crippen LogP contribution in [0.15, 0.2) is 79.4 Å². The zero-order chi connectivity index (χ0) is 30.3. The molecular weight excluding hydrogens is 488 g/mol. The monoisotopic (exact) mass is 552 g/mol. The summed E-state index contributed by atoms with van der Waals surface area (Å²) in [5, 5.41) is 0. The van der Waals surface area contributed by atoms with Gasteiger partial charge >= 0.3 is 0 Å². The highest BCUT2D eigenvalue weighted by molar-refractivity contribution is 5.82. The Labute approximate surface area is 250 Å². The Bertz CT molecular complexity index is 828. The zero-order valence-corrected chi connectivity index (χ0v) is 26.9. The summed E-state index contributed by atoms with van der Waals surface area (Å²) in [4.78, 5) is 21.3. The van der Waals surface area contributed by atoms with Gasteiger partial charge in [0.1, 0.15) is 11.6 Å². The first-order valence-corrected chi connectivity index (χ1v) is 15.0. The fourth-order valence-corrected chi connectivity index (χ4v) is 3.06. The van der Waals surface area contributed by atoms with E-state index in [1.54, 1.807) is 19.9 Å². The Morgan fingerprint density at radius 1 is 0.800 bits per heavy atom.